The van der Waals surface area contributed by atoms with Crippen LogP contribution in [-0.4, -0.2) is 50.2 Å². The van der Waals surface area contributed by atoms with Gasteiger partial charge in [0.15, 0.2) is 0 Å². The predicted octanol–water partition coefficient (Wildman–Crippen LogP) is -1.55. The molecule has 0 fully saturated rings. The van der Waals surface area contributed by atoms with Crippen molar-refractivity contribution in [2.75, 3.05) is 0 Å². The number of aliphatic hydroxyl groups is 4. The maximum Gasteiger partial charge on any atom is 0.113 e. The number of thiocarbonyl (C=S) groups is 1. The summed E-state index contributed by atoms with van der Waals surface area (Å²) in [4.78, 5) is 0. The van der Waals surface area contributed by atoms with Crippen molar-refractivity contribution in [2.45, 2.75) is 31.3 Å². The predicted molar refractivity (Wildman–Crippen MR) is 43.4 cm³/mol. The molecule has 0 amide bonds. The second kappa shape index (κ2) is 4.74. The molecule has 0 aromatic heterocycles. The largest absolute Gasteiger partial charge is 0.391 e. The zero-order valence-electron chi connectivity index (χ0n) is 6.08. The summed E-state index contributed by atoms with van der Waals surface area (Å²) in [6.07, 6.45) is -5.17. The van der Waals surface area contributed by atoms with Crippen LogP contribution < -0.4 is 0 Å². The average Bonchev–Trinajstić information content (AvgIpc) is 2.00. The molecule has 0 unspecified atom stereocenters. The highest BCUT2D eigenvalue weighted by molar-refractivity contribution is 7.79. The van der Waals surface area contributed by atoms with Crippen molar-refractivity contribution in [3.8, 4) is 0 Å². The molecule has 0 aliphatic heterocycles. The number of hydrogen-bond donors (Lipinski definition) is 4. The minimum Gasteiger partial charge on any atom is -0.391 e. The number of rotatable bonds is 4. The van der Waals surface area contributed by atoms with Gasteiger partial charge in [-0.15, -0.1) is 0 Å². The zero-order valence-corrected chi connectivity index (χ0v) is 6.90. The Morgan fingerprint density at radius 1 is 1.09 bits per heavy atom. The monoisotopic (exact) mass is 180 g/mol. The van der Waals surface area contributed by atoms with E-state index in [1.165, 1.54) is 6.92 Å². The summed E-state index contributed by atoms with van der Waals surface area (Å²) in [6, 6.07) is 0. The van der Waals surface area contributed by atoms with Gasteiger partial charge in [0.2, 0.25) is 0 Å². The molecule has 0 saturated carbocycles. The molecule has 0 aromatic rings. The SMILES string of the molecule is C[C@@H](O)[C@H](O)[C@H](O)[C@@H](O)C=S. The Kier molecular flexibility index (Phi) is 4.71. The molecule has 0 heterocycles. The van der Waals surface area contributed by atoms with Crippen LogP contribution >= 0.6 is 12.2 Å². The molecule has 5 heteroatoms. The first-order valence-electron chi connectivity index (χ1n) is 3.18. The molecule has 0 aromatic carbocycles. The van der Waals surface area contributed by atoms with Gasteiger partial charge in [0.05, 0.1) is 6.10 Å². The van der Waals surface area contributed by atoms with Crippen molar-refractivity contribution >= 4 is 17.6 Å². The first-order chi connectivity index (χ1) is 5.00. The number of hydrogen-bond acceptors (Lipinski definition) is 5. The van der Waals surface area contributed by atoms with Gasteiger partial charge in [-0.25, -0.2) is 0 Å². The van der Waals surface area contributed by atoms with E-state index in [1.54, 1.807) is 0 Å². The van der Waals surface area contributed by atoms with Crippen molar-refractivity contribution in [3.05, 3.63) is 0 Å². The second-order valence-electron chi connectivity index (χ2n) is 2.35. The van der Waals surface area contributed by atoms with Gasteiger partial charge in [-0.3, -0.25) is 0 Å². The molecule has 4 nitrogen and oxygen atoms in total. The molecule has 0 spiro atoms. The van der Waals surface area contributed by atoms with Crippen LogP contribution in [0.2, 0.25) is 0 Å². The molecule has 0 bridgehead atoms. The molecule has 0 saturated heterocycles. The Hall–Kier alpha value is -0.0700. The quantitative estimate of drug-likeness (QED) is 0.394. The fourth-order valence-corrected chi connectivity index (χ4v) is 0.729. The van der Waals surface area contributed by atoms with Crippen molar-refractivity contribution in [1.29, 1.82) is 0 Å². The van der Waals surface area contributed by atoms with Crippen LogP contribution in [0.3, 0.4) is 0 Å². The van der Waals surface area contributed by atoms with E-state index in [0.29, 0.717) is 0 Å². The Bertz CT molecular complexity index is 128. The molecular weight excluding hydrogens is 168 g/mol. The van der Waals surface area contributed by atoms with E-state index in [-0.39, 0.29) is 0 Å². The van der Waals surface area contributed by atoms with Crippen molar-refractivity contribution in [1.82, 2.24) is 0 Å². The fraction of sp³-hybridized carbons (Fsp3) is 0.833. The topological polar surface area (TPSA) is 80.9 Å². The van der Waals surface area contributed by atoms with E-state index in [4.69, 9.17) is 20.4 Å². The lowest BCUT2D eigenvalue weighted by molar-refractivity contribution is -0.0816. The Morgan fingerprint density at radius 2 is 1.55 bits per heavy atom. The van der Waals surface area contributed by atoms with Crippen molar-refractivity contribution in [2.24, 2.45) is 0 Å². The van der Waals surface area contributed by atoms with Gasteiger partial charge in [0, 0.05) is 5.37 Å². The van der Waals surface area contributed by atoms with Gasteiger partial charge >= 0.3 is 0 Å². The summed E-state index contributed by atoms with van der Waals surface area (Å²) in [5.74, 6) is 0. The average molecular weight is 180 g/mol. The van der Waals surface area contributed by atoms with Gasteiger partial charge < -0.3 is 20.4 Å². The highest BCUT2D eigenvalue weighted by Gasteiger charge is 2.26. The first-order valence-corrected chi connectivity index (χ1v) is 3.65. The van der Waals surface area contributed by atoms with Gasteiger partial charge in [0.25, 0.3) is 0 Å². The van der Waals surface area contributed by atoms with E-state index in [9.17, 15) is 0 Å². The molecule has 11 heavy (non-hydrogen) atoms. The Balaban J connectivity index is 4.00. The standard InChI is InChI=1S/C6H12O4S/c1-3(7)5(9)6(10)4(8)2-11/h2-10H,1H3/t3-,4+,5+,6-/m1/s1. The van der Waals surface area contributed by atoms with Crippen LogP contribution in [0.15, 0.2) is 0 Å². The van der Waals surface area contributed by atoms with E-state index in [0.717, 1.165) is 5.37 Å². The summed E-state index contributed by atoms with van der Waals surface area (Å²) in [5, 5.41) is 36.5. The van der Waals surface area contributed by atoms with Gasteiger partial charge in [0.1, 0.15) is 18.3 Å². The van der Waals surface area contributed by atoms with E-state index in [2.05, 4.69) is 12.2 Å². The third-order valence-corrected chi connectivity index (χ3v) is 1.61. The molecule has 0 aliphatic rings. The third-order valence-electron chi connectivity index (χ3n) is 1.33. The van der Waals surface area contributed by atoms with Crippen LogP contribution in [0, 0.1) is 0 Å². The molecular formula is C6H12O4S. The summed E-state index contributed by atoms with van der Waals surface area (Å²) < 4.78 is 0. The summed E-state index contributed by atoms with van der Waals surface area (Å²) in [7, 11) is 0. The van der Waals surface area contributed by atoms with Crippen LogP contribution in [0.1, 0.15) is 6.92 Å². The second-order valence-corrected chi connectivity index (χ2v) is 2.62. The smallest absolute Gasteiger partial charge is 0.113 e. The van der Waals surface area contributed by atoms with Crippen LogP contribution in [0.25, 0.3) is 0 Å². The molecule has 66 valence electrons. The molecule has 4 atom stereocenters. The third kappa shape index (κ3) is 3.22. The maximum atomic E-state index is 9.00. The van der Waals surface area contributed by atoms with Crippen LogP contribution in [-0.2, 0) is 0 Å². The first kappa shape index (κ1) is 10.9. The van der Waals surface area contributed by atoms with Crippen LogP contribution in [0.4, 0.5) is 0 Å². The summed E-state index contributed by atoms with van der Waals surface area (Å²) in [6.45, 7) is 1.31. The lowest BCUT2D eigenvalue weighted by Crippen LogP contribution is -2.43. The minimum atomic E-state index is -1.42. The van der Waals surface area contributed by atoms with E-state index < -0.39 is 24.4 Å². The van der Waals surface area contributed by atoms with Crippen LogP contribution in [0.5, 0.6) is 0 Å². The maximum absolute atomic E-state index is 9.00. The minimum absolute atomic E-state index is 0.927. The summed E-state index contributed by atoms with van der Waals surface area (Å²) >= 11 is 4.33. The summed E-state index contributed by atoms with van der Waals surface area (Å²) in [5.41, 5.74) is 0. The lowest BCUT2D eigenvalue weighted by atomic mass is 10.1. The highest BCUT2D eigenvalue weighted by atomic mass is 32.1. The van der Waals surface area contributed by atoms with Gasteiger partial charge in [-0.1, -0.05) is 12.2 Å². The van der Waals surface area contributed by atoms with Gasteiger partial charge in [-0.05, 0) is 6.92 Å². The van der Waals surface area contributed by atoms with Crippen molar-refractivity contribution in [3.63, 3.8) is 0 Å². The van der Waals surface area contributed by atoms with Gasteiger partial charge in [-0.2, -0.15) is 0 Å². The molecule has 0 aliphatic carbocycles. The van der Waals surface area contributed by atoms with E-state index >= 15 is 0 Å². The van der Waals surface area contributed by atoms with Crippen molar-refractivity contribution < 1.29 is 20.4 Å². The molecule has 4 N–H and O–H groups in total. The highest BCUT2D eigenvalue weighted by Crippen LogP contribution is 2.02. The Morgan fingerprint density at radius 3 is 1.82 bits per heavy atom. The number of aliphatic hydroxyl groups excluding tert-OH is 4. The Labute approximate surface area is 70.1 Å². The zero-order chi connectivity index (χ0) is 9.02. The molecule has 0 radical (unpaired) electrons. The fourth-order valence-electron chi connectivity index (χ4n) is 0.568. The van der Waals surface area contributed by atoms with E-state index in [1.807, 2.05) is 0 Å². The molecule has 0 rings (SSSR count). The lowest BCUT2D eigenvalue weighted by Gasteiger charge is -2.21. The normalized spacial score (nSPS) is 21.9.